The first kappa shape index (κ1) is 17.8. The second-order valence-electron chi connectivity index (χ2n) is 6.38. The average molecular weight is 394 g/mol. The molecule has 0 aliphatic heterocycles. The number of fused-ring (bicyclic) bond motifs is 1. The molecule has 0 radical (unpaired) electrons. The Morgan fingerprint density at radius 3 is 2.25 bits per heavy atom. The summed E-state index contributed by atoms with van der Waals surface area (Å²) in [6.07, 6.45) is 1.49. The van der Waals surface area contributed by atoms with Crippen molar-refractivity contribution < 1.29 is 14.7 Å². The van der Waals surface area contributed by atoms with Crippen LogP contribution >= 0.6 is 12.2 Å². The van der Waals surface area contributed by atoms with Gasteiger partial charge in [0.15, 0.2) is 4.77 Å². The highest BCUT2D eigenvalue weighted by Gasteiger charge is 2.57. The molecule has 0 fully saturated rings. The van der Waals surface area contributed by atoms with E-state index in [0.717, 1.165) is 0 Å². The zero-order valence-electron chi connectivity index (χ0n) is 14.6. The normalized spacial score (nSPS) is 14.8. The SMILES string of the molecule is Cc1cccnc1NC1(c2c(O)[nH]c(=S)[nH]c2=O)C(=O)c2ccccc2C1=O. The lowest BCUT2D eigenvalue weighted by Gasteiger charge is -2.28. The molecule has 1 aliphatic carbocycles. The molecule has 0 unspecified atom stereocenters. The van der Waals surface area contributed by atoms with Crippen molar-refractivity contribution in [2.75, 3.05) is 5.32 Å². The van der Waals surface area contributed by atoms with Gasteiger partial charge in [-0.3, -0.25) is 19.4 Å². The van der Waals surface area contributed by atoms with E-state index in [2.05, 4.69) is 20.3 Å². The first-order valence-corrected chi connectivity index (χ1v) is 8.71. The van der Waals surface area contributed by atoms with Gasteiger partial charge in [-0.25, -0.2) is 4.98 Å². The Balaban J connectivity index is 2.06. The fourth-order valence-corrected chi connectivity index (χ4v) is 3.60. The van der Waals surface area contributed by atoms with Crippen molar-refractivity contribution in [3.63, 3.8) is 0 Å². The predicted molar refractivity (Wildman–Crippen MR) is 103 cm³/mol. The van der Waals surface area contributed by atoms with E-state index in [0.29, 0.717) is 5.56 Å². The number of aromatic nitrogens is 3. The van der Waals surface area contributed by atoms with Crippen LogP contribution in [0.4, 0.5) is 5.82 Å². The highest BCUT2D eigenvalue weighted by Crippen LogP contribution is 2.41. The number of nitrogens with one attached hydrogen (secondary N) is 3. The van der Waals surface area contributed by atoms with Crippen LogP contribution in [-0.4, -0.2) is 31.6 Å². The van der Waals surface area contributed by atoms with Crippen LogP contribution in [0, 0.1) is 11.7 Å². The van der Waals surface area contributed by atoms with Crippen LogP contribution in [0.5, 0.6) is 5.88 Å². The lowest BCUT2D eigenvalue weighted by Crippen LogP contribution is -2.50. The summed E-state index contributed by atoms with van der Waals surface area (Å²) in [4.78, 5) is 48.5. The molecular formula is C19H14N4O4S. The van der Waals surface area contributed by atoms with Gasteiger partial charge >= 0.3 is 0 Å². The predicted octanol–water partition coefficient (Wildman–Crippen LogP) is 2.23. The smallest absolute Gasteiger partial charge is 0.262 e. The molecule has 0 bridgehead atoms. The molecule has 140 valence electrons. The highest BCUT2D eigenvalue weighted by molar-refractivity contribution is 7.71. The van der Waals surface area contributed by atoms with Gasteiger partial charge in [0.1, 0.15) is 11.4 Å². The fraction of sp³-hybridized carbons (Fsp3) is 0.105. The maximum absolute atomic E-state index is 13.4. The van der Waals surface area contributed by atoms with Gasteiger partial charge in [-0.05, 0) is 30.8 Å². The molecule has 2 aromatic heterocycles. The summed E-state index contributed by atoms with van der Waals surface area (Å²) in [6.45, 7) is 1.74. The molecular weight excluding hydrogens is 380 g/mol. The molecule has 3 aromatic rings. The Kier molecular flexibility index (Phi) is 3.97. The summed E-state index contributed by atoms with van der Waals surface area (Å²) >= 11 is 4.86. The molecule has 0 saturated carbocycles. The zero-order chi connectivity index (χ0) is 20.1. The molecule has 0 atom stereocenters. The number of aromatic hydroxyl groups is 1. The van der Waals surface area contributed by atoms with Crippen molar-refractivity contribution in [1.29, 1.82) is 0 Å². The maximum Gasteiger partial charge on any atom is 0.262 e. The fourth-order valence-electron chi connectivity index (χ4n) is 3.41. The van der Waals surface area contributed by atoms with E-state index < -0.39 is 34.1 Å². The van der Waals surface area contributed by atoms with Crippen LogP contribution in [0.1, 0.15) is 31.8 Å². The molecule has 28 heavy (non-hydrogen) atoms. The van der Waals surface area contributed by atoms with Crippen LogP contribution in [0.15, 0.2) is 47.4 Å². The largest absolute Gasteiger partial charge is 0.494 e. The molecule has 8 nitrogen and oxygen atoms in total. The molecule has 1 aromatic carbocycles. The standard InChI is InChI=1S/C19H14N4O4S/c1-9-5-4-8-20-15(9)23-19(12-16(26)21-18(28)22-17(12)27)13(24)10-6-2-3-7-11(10)14(19)25/h2-8H,1H3,(H,20,23)(H3,21,22,26,27,28). The van der Waals surface area contributed by atoms with Crippen molar-refractivity contribution in [2.24, 2.45) is 0 Å². The molecule has 4 rings (SSSR count). The quantitative estimate of drug-likeness (QED) is 0.396. The number of hydrogen-bond donors (Lipinski definition) is 4. The van der Waals surface area contributed by atoms with Gasteiger partial charge in [0, 0.05) is 17.3 Å². The summed E-state index contributed by atoms with van der Waals surface area (Å²) in [7, 11) is 0. The van der Waals surface area contributed by atoms with Crippen LogP contribution < -0.4 is 10.9 Å². The van der Waals surface area contributed by atoms with E-state index in [4.69, 9.17) is 12.2 Å². The number of rotatable bonds is 3. The molecule has 2 heterocycles. The number of ketones is 2. The van der Waals surface area contributed by atoms with Gasteiger partial charge in [-0.1, -0.05) is 30.3 Å². The van der Waals surface area contributed by atoms with Gasteiger partial charge < -0.3 is 15.4 Å². The van der Waals surface area contributed by atoms with Crippen LogP contribution in [0.3, 0.4) is 0 Å². The number of nitrogens with zero attached hydrogens (tertiary/aromatic N) is 1. The summed E-state index contributed by atoms with van der Waals surface area (Å²) < 4.78 is -0.133. The molecule has 4 N–H and O–H groups in total. The summed E-state index contributed by atoms with van der Waals surface area (Å²) in [6, 6.07) is 9.68. The summed E-state index contributed by atoms with van der Waals surface area (Å²) in [5.41, 5.74) is -2.54. The molecule has 9 heteroatoms. The van der Waals surface area contributed by atoms with Gasteiger partial charge in [-0.15, -0.1) is 0 Å². The van der Waals surface area contributed by atoms with Gasteiger partial charge in [0.25, 0.3) is 5.56 Å². The van der Waals surface area contributed by atoms with Crippen LogP contribution in [0.25, 0.3) is 0 Å². The average Bonchev–Trinajstić information content (AvgIpc) is 2.86. The number of anilines is 1. The Morgan fingerprint density at radius 1 is 1.04 bits per heavy atom. The summed E-state index contributed by atoms with van der Waals surface area (Å²) in [5.74, 6) is -1.75. The zero-order valence-corrected chi connectivity index (χ0v) is 15.4. The number of pyridine rings is 1. The third-order valence-corrected chi connectivity index (χ3v) is 4.91. The minimum absolute atomic E-state index is 0.133. The number of aryl methyl sites for hydroxylation is 1. The van der Waals surface area contributed by atoms with Crippen molar-refractivity contribution >= 4 is 29.6 Å². The first-order chi connectivity index (χ1) is 13.4. The van der Waals surface area contributed by atoms with Crippen molar-refractivity contribution in [3.8, 4) is 5.88 Å². The Labute approximate surface area is 163 Å². The topological polar surface area (TPSA) is 128 Å². The van der Waals surface area contributed by atoms with E-state index in [1.165, 1.54) is 18.3 Å². The third kappa shape index (κ3) is 2.40. The van der Waals surface area contributed by atoms with E-state index in [1.807, 2.05) is 0 Å². The summed E-state index contributed by atoms with van der Waals surface area (Å²) in [5, 5.41) is 13.3. The number of carbonyl (C=O) groups excluding carboxylic acids is 2. The number of benzene rings is 1. The van der Waals surface area contributed by atoms with Gasteiger partial charge in [0.05, 0.1) is 0 Å². The van der Waals surface area contributed by atoms with E-state index in [-0.39, 0.29) is 21.7 Å². The number of aromatic amines is 2. The van der Waals surface area contributed by atoms with Crippen LogP contribution in [0.2, 0.25) is 0 Å². The second-order valence-corrected chi connectivity index (χ2v) is 6.79. The van der Waals surface area contributed by atoms with Crippen LogP contribution in [-0.2, 0) is 5.54 Å². The van der Waals surface area contributed by atoms with Crippen molar-refractivity contribution in [3.05, 3.63) is 80.0 Å². The first-order valence-electron chi connectivity index (χ1n) is 8.30. The molecule has 0 saturated heterocycles. The third-order valence-electron chi connectivity index (χ3n) is 4.71. The van der Waals surface area contributed by atoms with E-state index in [1.54, 1.807) is 31.2 Å². The number of H-pyrrole nitrogens is 2. The second kappa shape index (κ2) is 6.24. The molecule has 0 spiro atoms. The van der Waals surface area contributed by atoms with Gasteiger partial charge in [0.2, 0.25) is 23.0 Å². The van der Waals surface area contributed by atoms with Gasteiger partial charge in [-0.2, -0.15) is 0 Å². The van der Waals surface area contributed by atoms with E-state index in [9.17, 15) is 19.5 Å². The number of carbonyl (C=O) groups is 2. The lowest BCUT2D eigenvalue weighted by atomic mass is 9.85. The minimum atomic E-state index is -2.18. The highest BCUT2D eigenvalue weighted by atomic mass is 32.1. The van der Waals surface area contributed by atoms with E-state index >= 15 is 0 Å². The number of hydrogen-bond acceptors (Lipinski definition) is 7. The Bertz CT molecular complexity index is 1230. The monoisotopic (exact) mass is 394 g/mol. The van der Waals surface area contributed by atoms with Crippen molar-refractivity contribution in [1.82, 2.24) is 15.0 Å². The maximum atomic E-state index is 13.4. The molecule has 1 aliphatic rings. The lowest BCUT2D eigenvalue weighted by molar-refractivity contribution is 0.0813. The Hall–Kier alpha value is -3.59. The Morgan fingerprint density at radius 2 is 1.68 bits per heavy atom. The number of Topliss-reactive ketones (excluding diaryl/α,β-unsaturated/α-hetero) is 2. The molecule has 0 amide bonds. The minimum Gasteiger partial charge on any atom is -0.494 e. The van der Waals surface area contributed by atoms with Crippen molar-refractivity contribution in [2.45, 2.75) is 12.5 Å².